The van der Waals surface area contributed by atoms with Gasteiger partial charge in [-0.15, -0.1) is 0 Å². The molecule has 3 atom stereocenters. The number of hydrogen-bond donors (Lipinski definition) is 2. The number of anilines is 1. The summed E-state index contributed by atoms with van der Waals surface area (Å²) < 4.78 is 26.3. The third kappa shape index (κ3) is 2.32. The Morgan fingerprint density at radius 3 is 2.66 bits per heavy atom. The van der Waals surface area contributed by atoms with Gasteiger partial charge in [0.25, 0.3) is 0 Å². The second-order valence-electron chi connectivity index (χ2n) is 7.98. The van der Waals surface area contributed by atoms with Crippen molar-refractivity contribution < 1.29 is 23.5 Å². The number of amides is 4. The average Bonchev–Trinajstić information content (AvgIpc) is 3.00. The summed E-state index contributed by atoms with van der Waals surface area (Å²) in [4.78, 5) is 39.6. The van der Waals surface area contributed by atoms with Gasteiger partial charge in [-0.05, 0) is 43.9 Å². The van der Waals surface area contributed by atoms with Gasteiger partial charge in [-0.25, -0.2) is 9.18 Å². The first kappa shape index (κ1) is 18.4. The van der Waals surface area contributed by atoms with E-state index in [4.69, 9.17) is 4.74 Å². The van der Waals surface area contributed by atoms with Crippen LogP contribution < -0.4 is 15.5 Å². The molecule has 0 radical (unpaired) electrons. The minimum absolute atomic E-state index is 0.0291. The fraction of sp³-hybridized carbons (Fsp3) is 0.474. The number of urea groups is 1. The van der Waals surface area contributed by atoms with Crippen LogP contribution in [0.5, 0.6) is 0 Å². The van der Waals surface area contributed by atoms with Crippen molar-refractivity contribution in [3.05, 3.63) is 23.1 Å². The molecular formula is C19H19FN4O4S. The summed E-state index contributed by atoms with van der Waals surface area (Å²) in [5.41, 5.74) is 0.0314. The first-order valence-electron chi connectivity index (χ1n) is 9.40. The van der Waals surface area contributed by atoms with Crippen LogP contribution in [-0.2, 0) is 20.7 Å². The fourth-order valence-corrected chi connectivity index (χ4v) is 5.87. The molecule has 2 aromatic rings. The number of ether oxygens (including phenoxy) is 1. The first-order valence-corrected chi connectivity index (χ1v) is 10.2. The predicted octanol–water partition coefficient (Wildman–Crippen LogP) is 1.63. The smallest absolute Gasteiger partial charge is 0.328 e. The minimum atomic E-state index is -1.60. The van der Waals surface area contributed by atoms with Crippen molar-refractivity contribution in [1.29, 1.82) is 0 Å². The Bertz CT molecular complexity index is 1080. The third-order valence-corrected chi connectivity index (χ3v) is 7.09. The molecule has 152 valence electrons. The van der Waals surface area contributed by atoms with Crippen LogP contribution in [0.25, 0.3) is 10.1 Å². The van der Waals surface area contributed by atoms with Gasteiger partial charge in [0.2, 0.25) is 11.8 Å². The molecule has 1 spiro atoms. The summed E-state index contributed by atoms with van der Waals surface area (Å²) >= 11 is 1.10. The van der Waals surface area contributed by atoms with E-state index in [2.05, 4.69) is 15.0 Å². The van der Waals surface area contributed by atoms with E-state index in [0.717, 1.165) is 11.5 Å². The number of aryl methyl sites for hydroxylation is 1. The van der Waals surface area contributed by atoms with E-state index in [-0.39, 0.29) is 12.5 Å². The van der Waals surface area contributed by atoms with E-state index < -0.39 is 41.2 Å². The topological polar surface area (TPSA) is 101 Å². The van der Waals surface area contributed by atoms with Crippen LogP contribution in [0, 0.1) is 18.2 Å². The van der Waals surface area contributed by atoms with Gasteiger partial charge in [-0.3, -0.25) is 20.2 Å². The molecular weight excluding hydrogens is 399 g/mol. The number of morpholine rings is 1. The summed E-state index contributed by atoms with van der Waals surface area (Å²) in [6.45, 7) is 5.75. The molecule has 2 saturated heterocycles. The second-order valence-corrected chi connectivity index (χ2v) is 8.75. The lowest BCUT2D eigenvalue weighted by Crippen LogP contribution is -2.75. The maximum absolute atomic E-state index is 15.6. The van der Waals surface area contributed by atoms with E-state index in [1.54, 1.807) is 18.7 Å². The number of aromatic nitrogens is 1. The van der Waals surface area contributed by atoms with Gasteiger partial charge in [-0.1, -0.05) is 0 Å². The molecule has 3 aliphatic rings. The fourth-order valence-electron chi connectivity index (χ4n) is 5.06. The molecule has 0 unspecified atom stereocenters. The molecule has 8 nitrogen and oxygen atoms in total. The first-order chi connectivity index (χ1) is 13.7. The largest absolute Gasteiger partial charge is 0.372 e. The van der Waals surface area contributed by atoms with Crippen molar-refractivity contribution >= 4 is 45.2 Å². The Kier molecular flexibility index (Phi) is 3.79. The number of rotatable bonds is 0. The highest BCUT2D eigenvalue weighted by Gasteiger charge is 2.63. The standard InChI is InChI=1S/C19H19FN4O4S/c1-7-6-24-13-10(4-11-8(2)23-29-14(11)12(13)20)5-19(15(24)9(3)28-7)16(25)21-18(27)22-17(19)26/h4,7,9,15H,5-6H2,1-3H3,(H2,21,22,25,26,27)/t7-,9+,15-/m1/s1. The summed E-state index contributed by atoms with van der Waals surface area (Å²) in [6, 6.07) is 0.215. The Balaban J connectivity index is 1.79. The molecule has 4 heterocycles. The molecule has 1 aromatic carbocycles. The van der Waals surface area contributed by atoms with Gasteiger partial charge in [-0.2, -0.15) is 4.37 Å². The molecule has 2 fully saturated rings. The Morgan fingerprint density at radius 2 is 1.97 bits per heavy atom. The number of carbonyl (C=O) groups is 3. The zero-order chi connectivity index (χ0) is 20.7. The van der Waals surface area contributed by atoms with E-state index in [1.165, 1.54) is 0 Å². The number of imide groups is 2. The predicted molar refractivity (Wildman–Crippen MR) is 103 cm³/mol. The van der Waals surface area contributed by atoms with Gasteiger partial charge in [0.15, 0.2) is 11.2 Å². The summed E-state index contributed by atoms with van der Waals surface area (Å²) in [5, 5.41) is 5.12. The minimum Gasteiger partial charge on any atom is -0.372 e. The van der Waals surface area contributed by atoms with Crippen LogP contribution in [0.3, 0.4) is 0 Å². The summed E-state index contributed by atoms with van der Waals surface area (Å²) in [7, 11) is 0. The van der Waals surface area contributed by atoms with Crippen molar-refractivity contribution in [2.75, 3.05) is 11.4 Å². The summed E-state index contributed by atoms with van der Waals surface area (Å²) in [5.74, 6) is -1.76. The van der Waals surface area contributed by atoms with Crippen LogP contribution in [0.4, 0.5) is 14.9 Å². The quantitative estimate of drug-likeness (QED) is 0.631. The lowest BCUT2D eigenvalue weighted by atomic mass is 9.66. The number of halogens is 1. The molecule has 2 N–H and O–H groups in total. The average molecular weight is 418 g/mol. The van der Waals surface area contributed by atoms with Gasteiger partial charge in [0, 0.05) is 18.4 Å². The van der Waals surface area contributed by atoms with Crippen molar-refractivity contribution in [2.24, 2.45) is 5.41 Å². The Morgan fingerprint density at radius 1 is 1.28 bits per heavy atom. The molecule has 29 heavy (non-hydrogen) atoms. The van der Waals surface area contributed by atoms with Crippen molar-refractivity contribution in [3.8, 4) is 0 Å². The maximum atomic E-state index is 15.6. The van der Waals surface area contributed by atoms with Crippen molar-refractivity contribution in [2.45, 2.75) is 45.4 Å². The zero-order valence-corrected chi connectivity index (χ0v) is 16.9. The number of hydrogen-bond acceptors (Lipinski definition) is 7. The van der Waals surface area contributed by atoms with Crippen LogP contribution in [0.2, 0.25) is 0 Å². The molecule has 4 amide bonds. The lowest BCUT2D eigenvalue weighted by molar-refractivity contribution is -0.153. The van der Waals surface area contributed by atoms with E-state index in [1.807, 2.05) is 13.0 Å². The zero-order valence-electron chi connectivity index (χ0n) is 16.0. The van der Waals surface area contributed by atoms with Crippen LogP contribution in [0.15, 0.2) is 6.07 Å². The van der Waals surface area contributed by atoms with Gasteiger partial charge in [0.05, 0.1) is 34.3 Å². The normalized spacial score (nSPS) is 28.2. The van der Waals surface area contributed by atoms with E-state index >= 15 is 4.39 Å². The molecule has 3 aliphatic heterocycles. The molecule has 10 heteroatoms. The van der Waals surface area contributed by atoms with Gasteiger partial charge in [0.1, 0.15) is 0 Å². The van der Waals surface area contributed by atoms with Crippen LogP contribution in [0.1, 0.15) is 25.1 Å². The summed E-state index contributed by atoms with van der Waals surface area (Å²) in [6.07, 6.45) is -0.785. The Labute approximate surface area is 169 Å². The van der Waals surface area contributed by atoms with Crippen molar-refractivity contribution in [3.63, 3.8) is 0 Å². The highest BCUT2D eigenvalue weighted by molar-refractivity contribution is 7.13. The van der Waals surface area contributed by atoms with E-state index in [0.29, 0.717) is 33.6 Å². The number of nitrogens with zero attached hydrogens (tertiary/aromatic N) is 2. The number of carbonyl (C=O) groups excluding carboxylic acids is 3. The van der Waals surface area contributed by atoms with Crippen molar-refractivity contribution in [1.82, 2.24) is 15.0 Å². The van der Waals surface area contributed by atoms with Crippen LogP contribution >= 0.6 is 11.5 Å². The molecule has 1 aromatic heterocycles. The highest BCUT2D eigenvalue weighted by Crippen LogP contribution is 2.49. The van der Waals surface area contributed by atoms with Crippen LogP contribution in [-0.4, -0.2) is 47.0 Å². The molecule has 0 bridgehead atoms. The third-order valence-electron chi connectivity index (χ3n) is 6.15. The maximum Gasteiger partial charge on any atom is 0.328 e. The monoisotopic (exact) mass is 418 g/mol. The highest BCUT2D eigenvalue weighted by atomic mass is 32.1. The van der Waals surface area contributed by atoms with Gasteiger partial charge < -0.3 is 9.64 Å². The SMILES string of the molecule is Cc1nsc2c(F)c3c(cc12)CC1(C(=O)NC(=O)NC1=O)[C@H]1[C@H](C)O[C@H](C)CN31. The second kappa shape index (κ2) is 5.96. The lowest BCUT2D eigenvalue weighted by Gasteiger charge is -2.55. The molecule has 5 rings (SSSR count). The number of benzene rings is 1. The Hall–Kier alpha value is -2.59. The molecule has 0 aliphatic carbocycles. The number of barbiturate groups is 1. The number of nitrogens with one attached hydrogen (secondary N) is 2. The number of fused-ring (bicyclic) bond motifs is 5. The molecule has 0 saturated carbocycles. The van der Waals surface area contributed by atoms with E-state index in [9.17, 15) is 14.4 Å². The van der Waals surface area contributed by atoms with Gasteiger partial charge >= 0.3 is 6.03 Å².